The van der Waals surface area contributed by atoms with E-state index in [1.807, 2.05) is 38.1 Å². The summed E-state index contributed by atoms with van der Waals surface area (Å²) in [7, 11) is -3.11. The van der Waals surface area contributed by atoms with Crippen LogP contribution in [0.2, 0.25) is 0 Å². The number of fused-ring (bicyclic) bond motifs is 1. The van der Waals surface area contributed by atoms with Gasteiger partial charge in [-0.25, -0.2) is 18.1 Å². The first-order valence-electron chi connectivity index (χ1n) is 10.8. The summed E-state index contributed by atoms with van der Waals surface area (Å²) in [4.78, 5) is 18.1. The first-order valence-corrected chi connectivity index (χ1v) is 12.6. The van der Waals surface area contributed by atoms with E-state index in [0.717, 1.165) is 11.1 Å². The van der Waals surface area contributed by atoms with E-state index in [-0.39, 0.29) is 30.0 Å². The Bertz CT molecular complexity index is 1440. The van der Waals surface area contributed by atoms with Crippen molar-refractivity contribution in [2.75, 3.05) is 11.5 Å². The van der Waals surface area contributed by atoms with Gasteiger partial charge in [0, 0.05) is 5.56 Å². The number of rotatable bonds is 5. The molecule has 1 aromatic carbocycles. The van der Waals surface area contributed by atoms with Crippen LogP contribution in [0.3, 0.4) is 0 Å². The molecule has 0 spiro atoms. The van der Waals surface area contributed by atoms with Gasteiger partial charge in [-0.3, -0.25) is 4.79 Å². The molecule has 170 valence electrons. The summed E-state index contributed by atoms with van der Waals surface area (Å²) in [5, 5.41) is 8.17. The van der Waals surface area contributed by atoms with Crippen LogP contribution in [0.15, 0.2) is 53.1 Å². The van der Waals surface area contributed by atoms with E-state index < -0.39 is 9.84 Å². The topological polar surface area (TPSA) is 107 Å². The fourth-order valence-electron chi connectivity index (χ4n) is 4.26. The van der Waals surface area contributed by atoms with Gasteiger partial charge in [-0.05, 0) is 38.5 Å². The lowest BCUT2D eigenvalue weighted by Crippen LogP contribution is -2.23. The molecule has 1 fully saturated rings. The Morgan fingerprint density at radius 3 is 2.67 bits per heavy atom. The molecule has 9 heteroatoms. The van der Waals surface area contributed by atoms with E-state index in [4.69, 9.17) is 9.40 Å². The van der Waals surface area contributed by atoms with Gasteiger partial charge in [0.15, 0.2) is 15.5 Å². The summed E-state index contributed by atoms with van der Waals surface area (Å²) in [6.07, 6.45) is 2.04. The number of pyridine rings is 1. The zero-order valence-corrected chi connectivity index (χ0v) is 19.2. The van der Waals surface area contributed by atoms with Gasteiger partial charge in [0.2, 0.25) is 0 Å². The van der Waals surface area contributed by atoms with Crippen molar-refractivity contribution in [1.82, 2.24) is 20.1 Å². The van der Waals surface area contributed by atoms with E-state index in [9.17, 15) is 13.2 Å². The molecule has 5 rings (SSSR count). The van der Waals surface area contributed by atoms with Crippen LogP contribution in [0.5, 0.6) is 0 Å². The molecule has 4 aromatic rings. The lowest BCUT2D eigenvalue weighted by atomic mass is 10.0. The van der Waals surface area contributed by atoms with E-state index in [0.29, 0.717) is 40.2 Å². The molecule has 1 amide bonds. The quantitative estimate of drug-likeness (QED) is 0.484. The number of aromatic nitrogens is 3. The Balaban J connectivity index is 1.63. The van der Waals surface area contributed by atoms with E-state index in [1.54, 1.807) is 29.1 Å². The zero-order chi connectivity index (χ0) is 23.2. The third-order valence-corrected chi connectivity index (χ3v) is 7.74. The second-order valence-corrected chi connectivity index (χ2v) is 10.7. The third-order valence-electron chi connectivity index (χ3n) is 5.99. The molecule has 8 nitrogen and oxygen atoms in total. The van der Waals surface area contributed by atoms with Gasteiger partial charge in [-0.15, -0.1) is 0 Å². The van der Waals surface area contributed by atoms with Gasteiger partial charge in [-0.2, -0.15) is 5.10 Å². The summed E-state index contributed by atoms with van der Waals surface area (Å²) < 4.78 is 31.2. The van der Waals surface area contributed by atoms with E-state index in [1.165, 1.54) is 0 Å². The van der Waals surface area contributed by atoms with Crippen molar-refractivity contribution in [3.63, 3.8) is 0 Å². The molecule has 1 saturated heterocycles. The summed E-state index contributed by atoms with van der Waals surface area (Å²) in [5.74, 6) is 0.538. The van der Waals surface area contributed by atoms with Crippen molar-refractivity contribution in [3.05, 3.63) is 71.3 Å². The van der Waals surface area contributed by atoms with Gasteiger partial charge < -0.3 is 9.73 Å². The van der Waals surface area contributed by atoms with Crippen LogP contribution in [0.4, 0.5) is 0 Å². The van der Waals surface area contributed by atoms with Gasteiger partial charge in [-0.1, -0.05) is 29.8 Å². The highest BCUT2D eigenvalue weighted by Gasteiger charge is 2.32. The standard InChI is InChI=1S/C24H24N4O4S/c1-15-5-7-17(8-6-15)21-12-20(24(29)25-13-19-4-3-10-32-19)22-16(2)27-28(23(22)26-21)18-9-11-33(30,31)14-18/h3-8,10,12,18H,9,11,13-14H2,1-2H3,(H,25,29)/t18-/m0/s1. The fourth-order valence-corrected chi connectivity index (χ4v) is 5.95. The van der Waals surface area contributed by atoms with Crippen LogP contribution in [-0.2, 0) is 16.4 Å². The monoisotopic (exact) mass is 464 g/mol. The second-order valence-electron chi connectivity index (χ2n) is 8.47. The maximum Gasteiger partial charge on any atom is 0.252 e. The maximum atomic E-state index is 13.3. The second kappa shape index (κ2) is 8.15. The van der Waals surface area contributed by atoms with Crippen molar-refractivity contribution < 1.29 is 17.6 Å². The van der Waals surface area contributed by atoms with Crippen LogP contribution in [0.1, 0.15) is 39.8 Å². The van der Waals surface area contributed by atoms with Gasteiger partial charge in [0.1, 0.15) is 5.76 Å². The maximum absolute atomic E-state index is 13.3. The molecule has 1 aliphatic rings. The average molecular weight is 465 g/mol. The van der Waals surface area contributed by atoms with Crippen LogP contribution in [0, 0.1) is 13.8 Å². The lowest BCUT2D eigenvalue weighted by molar-refractivity contribution is 0.0949. The summed E-state index contributed by atoms with van der Waals surface area (Å²) in [6, 6.07) is 12.9. The summed E-state index contributed by atoms with van der Waals surface area (Å²) in [6.45, 7) is 4.08. The molecule has 0 unspecified atom stereocenters. The molecule has 0 bridgehead atoms. The molecule has 3 aromatic heterocycles. The first kappa shape index (κ1) is 21.4. The number of hydrogen-bond donors (Lipinski definition) is 1. The van der Waals surface area contributed by atoms with Crippen LogP contribution >= 0.6 is 0 Å². The van der Waals surface area contributed by atoms with Crippen molar-refractivity contribution >= 4 is 26.8 Å². The average Bonchev–Trinajstić information content (AvgIpc) is 3.51. The number of nitrogens with one attached hydrogen (secondary N) is 1. The predicted molar refractivity (Wildman–Crippen MR) is 125 cm³/mol. The number of sulfone groups is 1. The largest absolute Gasteiger partial charge is 0.467 e. The molecular weight excluding hydrogens is 440 g/mol. The minimum absolute atomic E-state index is 0.0275. The van der Waals surface area contributed by atoms with Crippen molar-refractivity contribution in [3.8, 4) is 11.3 Å². The molecule has 4 heterocycles. The van der Waals surface area contributed by atoms with Gasteiger partial charge >= 0.3 is 0 Å². The highest BCUT2D eigenvalue weighted by molar-refractivity contribution is 7.91. The number of carbonyl (C=O) groups is 1. The molecule has 0 aliphatic carbocycles. The Morgan fingerprint density at radius 1 is 1.21 bits per heavy atom. The minimum Gasteiger partial charge on any atom is -0.467 e. The molecule has 0 radical (unpaired) electrons. The zero-order valence-electron chi connectivity index (χ0n) is 18.4. The lowest BCUT2D eigenvalue weighted by Gasteiger charge is -2.12. The molecule has 33 heavy (non-hydrogen) atoms. The Morgan fingerprint density at radius 2 is 2.00 bits per heavy atom. The number of hydrogen-bond acceptors (Lipinski definition) is 6. The molecule has 1 atom stereocenters. The van der Waals surface area contributed by atoms with Crippen molar-refractivity contribution in [1.29, 1.82) is 0 Å². The Hall–Kier alpha value is -3.46. The number of amides is 1. The Kier molecular flexibility index (Phi) is 5.28. The van der Waals surface area contributed by atoms with E-state index >= 15 is 0 Å². The molecule has 1 N–H and O–H groups in total. The van der Waals surface area contributed by atoms with Crippen LogP contribution in [0.25, 0.3) is 22.3 Å². The predicted octanol–water partition coefficient (Wildman–Crippen LogP) is 3.60. The third kappa shape index (κ3) is 4.16. The van der Waals surface area contributed by atoms with Gasteiger partial charge in [0.25, 0.3) is 5.91 Å². The Labute approximate surface area is 191 Å². The number of carbonyl (C=O) groups excluding carboxylic acids is 1. The minimum atomic E-state index is -3.11. The first-order chi connectivity index (χ1) is 15.8. The molecular formula is C24H24N4O4S. The highest BCUT2D eigenvalue weighted by Crippen LogP contribution is 2.32. The number of aryl methyl sites for hydroxylation is 2. The van der Waals surface area contributed by atoms with E-state index in [2.05, 4.69) is 10.4 Å². The normalized spacial score (nSPS) is 17.5. The SMILES string of the molecule is Cc1ccc(-c2cc(C(=O)NCc3ccco3)c3c(C)nn([C@H]4CCS(=O)(=O)C4)c3n2)cc1. The van der Waals surface area contributed by atoms with Gasteiger partial charge in [0.05, 0.1) is 52.7 Å². The molecule has 1 aliphatic heterocycles. The molecule has 0 saturated carbocycles. The van der Waals surface area contributed by atoms with Crippen LogP contribution in [-0.4, -0.2) is 40.6 Å². The smallest absolute Gasteiger partial charge is 0.252 e. The van der Waals surface area contributed by atoms with Crippen molar-refractivity contribution in [2.24, 2.45) is 0 Å². The number of benzene rings is 1. The van der Waals surface area contributed by atoms with Crippen molar-refractivity contribution in [2.45, 2.75) is 32.9 Å². The summed E-state index contributed by atoms with van der Waals surface area (Å²) in [5.41, 5.74) is 4.23. The number of furan rings is 1. The summed E-state index contributed by atoms with van der Waals surface area (Å²) >= 11 is 0. The highest BCUT2D eigenvalue weighted by atomic mass is 32.2. The fraction of sp³-hybridized carbons (Fsp3) is 0.292. The van der Waals surface area contributed by atoms with Crippen LogP contribution < -0.4 is 5.32 Å². The number of nitrogens with zero attached hydrogens (tertiary/aromatic N) is 3.